The van der Waals surface area contributed by atoms with E-state index >= 15 is 0 Å². The maximum atomic E-state index is 13.7. The largest absolute Gasteiger partial charge is 0.481 e. The summed E-state index contributed by atoms with van der Waals surface area (Å²) in [4.78, 5) is 52.4. The van der Waals surface area contributed by atoms with Gasteiger partial charge in [0.15, 0.2) is 0 Å². The van der Waals surface area contributed by atoms with Crippen molar-refractivity contribution in [3.05, 3.63) is 58.2 Å². The van der Waals surface area contributed by atoms with Crippen LogP contribution in [-0.2, 0) is 19.1 Å². The molecule has 3 aliphatic rings. The molecule has 11 heteroatoms. The smallest absolute Gasteiger partial charge is 0.307 e. The predicted octanol–water partition coefficient (Wildman–Crippen LogP) is 4.61. The van der Waals surface area contributed by atoms with Crippen molar-refractivity contribution in [1.29, 1.82) is 0 Å². The average molecular weight is 618 g/mol. The summed E-state index contributed by atoms with van der Waals surface area (Å²) in [5, 5.41) is 14.9. The van der Waals surface area contributed by atoms with Crippen molar-refractivity contribution in [1.82, 2.24) is 25.1 Å². The fourth-order valence-corrected chi connectivity index (χ4v) is 8.05. The molecule has 2 unspecified atom stereocenters. The van der Waals surface area contributed by atoms with E-state index in [1.165, 1.54) is 6.42 Å². The maximum absolute atomic E-state index is 13.7. The number of morpholine rings is 1. The second-order valence-corrected chi connectivity index (χ2v) is 13.3. The molecular weight excluding hydrogens is 578 g/mol. The molecule has 0 bridgehead atoms. The molecule has 0 radical (unpaired) electrons. The molecule has 6 rings (SSSR count). The number of carboxylic acid groups (broad SMARTS) is 1. The Labute approximate surface area is 261 Å². The molecule has 232 valence electrons. The maximum Gasteiger partial charge on any atom is 0.307 e. The van der Waals surface area contributed by atoms with E-state index in [9.17, 15) is 19.5 Å². The summed E-state index contributed by atoms with van der Waals surface area (Å²) in [6, 6.07) is 9.83. The zero-order chi connectivity index (χ0) is 30.8. The highest BCUT2D eigenvalue weighted by atomic mass is 32.1. The molecule has 2 fully saturated rings. The molecule has 1 aliphatic carbocycles. The minimum absolute atomic E-state index is 0.0370. The first kappa shape index (κ1) is 30.4. The number of aromatic nitrogens is 2. The molecule has 1 aromatic carbocycles. The molecule has 44 heavy (non-hydrogen) atoms. The van der Waals surface area contributed by atoms with Crippen LogP contribution in [0.2, 0.25) is 0 Å². The van der Waals surface area contributed by atoms with Crippen LogP contribution in [0.4, 0.5) is 0 Å². The number of carbonyl (C=O) groups is 3. The highest BCUT2D eigenvalue weighted by molar-refractivity contribution is 7.15. The van der Waals surface area contributed by atoms with E-state index < -0.39 is 11.6 Å². The molecule has 3 aromatic rings. The van der Waals surface area contributed by atoms with Gasteiger partial charge in [-0.05, 0) is 68.0 Å². The van der Waals surface area contributed by atoms with Gasteiger partial charge in [-0.2, -0.15) is 0 Å². The Morgan fingerprint density at radius 2 is 1.89 bits per heavy atom. The summed E-state index contributed by atoms with van der Waals surface area (Å²) >= 11 is 1.63. The number of carboxylic acids is 1. The van der Waals surface area contributed by atoms with Crippen molar-refractivity contribution in [2.45, 2.75) is 64.1 Å². The number of aliphatic carboxylic acids is 1. The van der Waals surface area contributed by atoms with E-state index in [1.54, 1.807) is 16.2 Å². The zero-order valence-corrected chi connectivity index (χ0v) is 26.1. The van der Waals surface area contributed by atoms with Crippen LogP contribution in [0.5, 0.6) is 0 Å². The first-order valence-corrected chi connectivity index (χ1v) is 16.2. The summed E-state index contributed by atoms with van der Waals surface area (Å²) in [5.74, 6) is -0.930. The number of hydrogen-bond acceptors (Lipinski definition) is 8. The van der Waals surface area contributed by atoms with Crippen LogP contribution in [0.3, 0.4) is 0 Å². The van der Waals surface area contributed by atoms with E-state index in [0.717, 1.165) is 69.0 Å². The van der Waals surface area contributed by atoms with E-state index in [4.69, 9.17) is 9.72 Å². The lowest BCUT2D eigenvalue weighted by Gasteiger charge is -2.41. The van der Waals surface area contributed by atoms with Crippen LogP contribution in [0, 0.1) is 19.8 Å². The average Bonchev–Trinajstić information content (AvgIpc) is 3.52. The van der Waals surface area contributed by atoms with Gasteiger partial charge in [-0.25, -0.2) is 9.97 Å². The van der Waals surface area contributed by atoms with Crippen LogP contribution < -0.4 is 5.32 Å². The van der Waals surface area contributed by atoms with E-state index in [2.05, 4.69) is 22.4 Å². The van der Waals surface area contributed by atoms with Crippen LogP contribution in [0.25, 0.3) is 21.5 Å². The van der Waals surface area contributed by atoms with Crippen molar-refractivity contribution in [2.75, 3.05) is 32.8 Å². The molecule has 1 saturated carbocycles. The number of hydrogen-bond donors (Lipinski definition) is 2. The van der Waals surface area contributed by atoms with Crippen molar-refractivity contribution in [3.8, 4) is 10.6 Å². The van der Waals surface area contributed by atoms with Crippen LogP contribution in [0.15, 0.2) is 42.0 Å². The van der Waals surface area contributed by atoms with E-state index in [-0.39, 0.29) is 30.8 Å². The second-order valence-electron chi connectivity index (χ2n) is 12.1. The molecule has 1 saturated heterocycles. The number of thiazole rings is 1. The van der Waals surface area contributed by atoms with E-state index in [0.29, 0.717) is 32.7 Å². The Morgan fingerprint density at radius 3 is 2.57 bits per heavy atom. The Morgan fingerprint density at radius 1 is 1.11 bits per heavy atom. The number of benzene rings is 1. The lowest BCUT2D eigenvalue weighted by Crippen LogP contribution is -2.59. The molecule has 2 aromatic heterocycles. The predicted molar refractivity (Wildman–Crippen MR) is 168 cm³/mol. The normalized spacial score (nSPS) is 23.1. The summed E-state index contributed by atoms with van der Waals surface area (Å²) in [7, 11) is 0. The minimum atomic E-state index is -1.34. The Kier molecular flexibility index (Phi) is 8.80. The molecule has 2 amide bonds. The van der Waals surface area contributed by atoms with Gasteiger partial charge in [0.25, 0.3) is 0 Å². The third-order valence-electron chi connectivity index (χ3n) is 9.19. The highest BCUT2D eigenvalue weighted by Gasteiger charge is 2.50. The number of nitrogens with one attached hydrogen (secondary N) is 1. The standard InChI is InChI=1S/C33H39N5O5S/c1-21-32(44-22(2)35-21)28-11-8-24-16-25(9-10-27(24)36-28)31-26(23-6-4-3-5-7-23)17-33(34-20-39,18-30(41)42)38(31)19-29(40)37-12-14-43-15-13-37/h8-11,16-17,20,23,31H,3-7,12-15,18-19H2,1-2H3,(H,34,39)(H,41,42). The van der Waals surface area contributed by atoms with Gasteiger partial charge in [0.05, 0.1) is 59.0 Å². The topological polar surface area (TPSA) is 125 Å². The Balaban J connectivity index is 1.44. The number of pyridine rings is 1. The molecule has 2 N–H and O–H groups in total. The van der Waals surface area contributed by atoms with Gasteiger partial charge in [-0.15, -0.1) is 11.3 Å². The van der Waals surface area contributed by atoms with Gasteiger partial charge in [-0.3, -0.25) is 19.3 Å². The highest BCUT2D eigenvalue weighted by Crippen LogP contribution is 2.49. The van der Waals surface area contributed by atoms with Crippen LogP contribution in [-0.4, -0.2) is 81.7 Å². The van der Waals surface area contributed by atoms with E-state index in [1.807, 2.05) is 43.0 Å². The monoisotopic (exact) mass is 617 g/mol. The van der Waals surface area contributed by atoms with Crippen LogP contribution >= 0.6 is 11.3 Å². The number of nitrogens with zero attached hydrogens (tertiary/aromatic N) is 4. The quantitative estimate of drug-likeness (QED) is 0.263. The summed E-state index contributed by atoms with van der Waals surface area (Å²) < 4.78 is 5.46. The SMILES string of the molecule is Cc1nc(C)c(-c2ccc3cc(C4C(C5CCCCC5)=CC(CC(=O)O)(NC=O)N4CC(=O)N4CCOCC4)ccc3n2)s1. The van der Waals surface area contributed by atoms with Crippen molar-refractivity contribution >= 4 is 40.5 Å². The molecule has 2 atom stereocenters. The fourth-order valence-electron chi connectivity index (χ4n) is 7.16. The zero-order valence-electron chi connectivity index (χ0n) is 25.3. The number of fused-ring (bicyclic) bond motifs is 1. The number of aryl methyl sites for hydroxylation is 2. The van der Waals surface area contributed by atoms with Gasteiger partial charge < -0.3 is 20.1 Å². The lowest BCUT2D eigenvalue weighted by molar-refractivity contribution is -0.145. The first-order valence-electron chi connectivity index (χ1n) is 15.4. The summed E-state index contributed by atoms with van der Waals surface area (Å²) in [6.07, 6.45) is 7.48. The van der Waals surface area contributed by atoms with Crippen molar-refractivity contribution < 1.29 is 24.2 Å². The molecule has 10 nitrogen and oxygen atoms in total. The Bertz CT molecular complexity index is 1590. The van der Waals surface area contributed by atoms with Gasteiger partial charge in [0.2, 0.25) is 12.3 Å². The minimum Gasteiger partial charge on any atom is -0.481 e. The Hall–Kier alpha value is -3.67. The third-order valence-corrected chi connectivity index (χ3v) is 10.3. The van der Waals surface area contributed by atoms with Gasteiger partial charge in [0, 0.05) is 18.5 Å². The van der Waals surface area contributed by atoms with Crippen molar-refractivity contribution in [2.24, 2.45) is 5.92 Å². The summed E-state index contributed by atoms with van der Waals surface area (Å²) in [5.41, 5.74) is 3.37. The fraction of sp³-hybridized carbons (Fsp3) is 0.485. The van der Waals surface area contributed by atoms with Crippen molar-refractivity contribution in [3.63, 3.8) is 0 Å². The summed E-state index contributed by atoms with van der Waals surface area (Å²) in [6.45, 7) is 5.85. The second kappa shape index (κ2) is 12.7. The van der Waals surface area contributed by atoms with Crippen LogP contribution in [0.1, 0.15) is 60.8 Å². The third kappa shape index (κ3) is 6.00. The van der Waals surface area contributed by atoms with Gasteiger partial charge in [-0.1, -0.05) is 31.4 Å². The first-order chi connectivity index (χ1) is 21.3. The van der Waals surface area contributed by atoms with Gasteiger partial charge >= 0.3 is 5.97 Å². The molecule has 0 spiro atoms. The molecule has 4 heterocycles. The number of amides is 2. The van der Waals surface area contributed by atoms with Gasteiger partial charge in [0.1, 0.15) is 5.66 Å². The number of ether oxygens (including phenoxy) is 1. The number of rotatable bonds is 9. The number of carbonyl (C=O) groups excluding carboxylic acids is 2. The molecular formula is C33H39N5O5S. The molecule has 2 aliphatic heterocycles. The lowest BCUT2D eigenvalue weighted by atomic mass is 9.79.